The molecule has 0 saturated heterocycles. The van der Waals surface area contributed by atoms with Crippen molar-refractivity contribution in [1.82, 2.24) is 4.90 Å². The fraction of sp³-hybridized carbons (Fsp3) is 0.462. The van der Waals surface area contributed by atoms with Gasteiger partial charge in [-0.05, 0) is 72.6 Å². The molecule has 214 valence electrons. The molecule has 0 radical (unpaired) electrons. The summed E-state index contributed by atoms with van der Waals surface area (Å²) in [5.74, 6) is -3.68. The number of aliphatic hydroxyl groups excluding tert-OH is 1. The summed E-state index contributed by atoms with van der Waals surface area (Å²) in [5, 5.41) is 16.1. The predicted octanol–water partition coefficient (Wildman–Crippen LogP) is 3.79. The number of nitrogens with zero attached hydrogens (tertiary/aromatic N) is 2. The highest BCUT2D eigenvalue weighted by Crippen LogP contribution is 2.52. The number of thiophene rings is 1. The summed E-state index contributed by atoms with van der Waals surface area (Å²) in [6.45, 7) is -0.0445. The number of fused-ring (bicyclic) bond motifs is 3. The molecule has 3 heterocycles. The van der Waals surface area contributed by atoms with E-state index in [-0.39, 0.29) is 63.7 Å². The van der Waals surface area contributed by atoms with Crippen LogP contribution in [0.4, 0.5) is 13.8 Å². The molecule has 2 N–H and O–H groups in total. The molecule has 3 aliphatic carbocycles. The number of amidine groups is 1. The Morgan fingerprint density at radius 1 is 1.15 bits per heavy atom. The number of hydrogen-bond donors (Lipinski definition) is 2. The van der Waals surface area contributed by atoms with Crippen LogP contribution in [0.1, 0.15) is 36.8 Å². The summed E-state index contributed by atoms with van der Waals surface area (Å²) < 4.78 is 81.5. The van der Waals surface area contributed by atoms with Gasteiger partial charge in [0.05, 0.1) is 5.75 Å². The topological polar surface area (TPSA) is 133 Å². The molecule has 3 fully saturated rings. The lowest BCUT2D eigenvalue weighted by atomic mass is 9.59. The number of anilines is 1. The lowest BCUT2D eigenvalue weighted by molar-refractivity contribution is -0.140. The van der Waals surface area contributed by atoms with E-state index in [1.807, 2.05) is 0 Å². The fourth-order valence-electron chi connectivity index (χ4n) is 6.66. The monoisotopic (exact) mass is 611 g/mol. The minimum Gasteiger partial charge on any atom is -0.511 e. The van der Waals surface area contributed by atoms with Gasteiger partial charge >= 0.3 is 0 Å². The second kappa shape index (κ2) is 9.62. The van der Waals surface area contributed by atoms with Crippen molar-refractivity contribution in [1.29, 1.82) is 0 Å². The first kappa shape index (κ1) is 27.3. The number of rotatable bonds is 6. The van der Waals surface area contributed by atoms with Gasteiger partial charge in [0.2, 0.25) is 0 Å². The van der Waals surface area contributed by atoms with Gasteiger partial charge in [-0.3, -0.25) is 4.79 Å². The normalized spacial score (nSPS) is 27.2. The predicted molar refractivity (Wildman–Crippen MR) is 145 cm³/mol. The second-order valence-corrected chi connectivity index (χ2v) is 15.7. The lowest BCUT2D eigenvalue weighted by Crippen LogP contribution is -2.60. The van der Waals surface area contributed by atoms with E-state index in [0.29, 0.717) is 11.1 Å². The van der Waals surface area contributed by atoms with E-state index in [0.717, 1.165) is 55.4 Å². The largest absolute Gasteiger partial charge is 0.511 e. The van der Waals surface area contributed by atoms with Crippen molar-refractivity contribution >= 4 is 47.9 Å². The minimum atomic E-state index is -4.34. The summed E-state index contributed by atoms with van der Waals surface area (Å²) in [6, 6.07) is 3.07. The molecule has 2 atom stereocenters. The Labute approximate surface area is 234 Å². The summed E-state index contributed by atoms with van der Waals surface area (Å²) >= 11 is 1.04. The molecule has 1 aromatic heterocycles. The van der Waals surface area contributed by atoms with Gasteiger partial charge in [-0.15, -0.1) is 15.7 Å². The number of sulfonamides is 1. The Morgan fingerprint density at radius 2 is 1.85 bits per heavy atom. The van der Waals surface area contributed by atoms with Crippen LogP contribution in [0.2, 0.25) is 0 Å². The maximum atomic E-state index is 14.0. The molecule has 2 bridgehead atoms. The average Bonchev–Trinajstić information content (AvgIpc) is 3.31. The van der Waals surface area contributed by atoms with Crippen molar-refractivity contribution in [2.75, 3.05) is 17.3 Å². The zero-order valence-electron chi connectivity index (χ0n) is 21.4. The van der Waals surface area contributed by atoms with Crippen LogP contribution in [0.25, 0.3) is 0 Å². The highest BCUT2D eigenvalue weighted by atomic mass is 32.2. The molecule has 3 saturated carbocycles. The number of carbonyl (C=O) groups is 1. The van der Waals surface area contributed by atoms with Crippen molar-refractivity contribution in [3.63, 3.8) is 0 Å². The third-order valence-electron chi connectivity index (χ3n) is 8.42. The number of aryl methyl sites for hydroxylation is 1. The van der Waals surface area contributed by atoms with Crippen molar-refractivity contribution in [2.24, 2.45) is 22.2 Å². The summed E-state index contributed by atoms with van der Waals surface area (Å²) in [4.78, 5) is 15.4. The maximum Gasteiger partial charge on any atom is 0.287 e. The van der Waals surface area contributed by atoms with E-state index in [9.17, 15) is 35.5 Å². The number of hydrogen-bond acceptors (Lipinski definition) is 8. The first-order valence-corrected chi connectivity index (χ1v) is 17.3. The molecular formula is C26H27F2N3O6S3. The van der Waals surface area contributed by atoms with Crippen LogP contribution in [-0.4, -0.2) is 56.6 Å². The molecule has 40 heavy (non-hydrogen) atoms. The van der Waals surface area contributed by atoms with Gasteiger partial charge < -0.3 is 15.3 Å². The molecule has 2 aliphatic heterocycles. The van der Waals surface area contributed by atoms with E-state index in [1.54, 1.807) is 10.3 Å². The Bertz CT molecular complexity index is 1690. The molecule has 5 aliphatic rings. The van der Waals surface area contributed by atoms with E-state index in [2.05, 4.69) is 9.71 Å². The zero-order chi connectivity index (χ0) is 28.6. The number of sulfone groups is 1. The summed E-state index contributed by atoms with van der Waals surface area (Å²) in [6.07, 6.45) is 4.51. The number of nitrogens with one attached hydrogen (secondary N) is 1. The van der Waals surface area contributed by atoms with E-state index >= 15 is 0 Å². The quantitative estimate of drug-likeness (QED) is 0.508. The van der Waals surface area contributed by atoms with Crippen molar-refractivity contribution < 1.29 is 35.5 Å². The Balaban J connectivity index is 1.41. The maximum absolute atomic E-state index is 14.0. The molecule has 9 nitrogen and oxygen atoms in total. The third kappa shape index (κ3) is 4.63. The van der Waals surface area contributed by atoms with Crippen molar-refractivity contribution in [3.05, 3.63) is 57.7 Å². The van der Waals surface area contributed by atoms with Crippen LogP contribution in [0.5, 0.6) is 0 Å². The number of amides is 1. The van der Waals surface area contributed by atoms with Gasteiger partial charge in [-0.2, -0.15) is 8.42 Å². The first-order chi connectivity index (χ1) is 18.8. The smallest absolute Gasteiger partial charge is 0.287 e. The summed E-state index contributed by atoms with van der Waals surface area (Å²) in [7, 11) is -7.68. The molecule has 2 unspecified atom stereocenters. The van der Waals surface area contributed by atoms with Crippen LogP contribution < -0.4 is 5.32 Å². The Hall–Kier alpha value is -2.84. The highest BCUT2D eigenvalue weighted by Gasteiger charge is 2.54. The van der Waals surface area contributed by atoms with E-state index in [4.69, 9.17) is 0 Å². The van der Waals surface area contributed by atoms with Crippen LogP contribution in [0.3, 0.4) is 0 Å². The second-order valence-electron chi connectivity index (χ2n) is 11.0. The Morgan fingerprint density at radius 3 is 2.52 bits per heavy atom. The molecule has 0 spiro atoms. The molecule has 2 aromatic rings. The molecule has 1 aromatic carbocycles. The van der Waals surface area contributed by atoms with Crippen LogP contribution >= 0.6 is 11.3 Å². The van der Waals surface area contributed by atoms with Crippen molar-refractivity contribution in [2.45, 2.75) is 49.6 Å². The van der Waals surface area contributed by atoms with Gasteiger partial charge in [0.1, 0.15) is 31.1 Å². The first-order valence-electron chi connectivity index (χ1n) is 12.9. The standard InChI is InChI=1S/C26H27F2N3O6S3/c1-39(34,35)9-8-16-12-38-25-23(16)40(36,37)30-24(29-25)20-22(32)19-14-3-5-15(6-4-14)21(19)31(26(20)33)11-13-2-7-17(27)18(28)10-13/h2,7,10,12,14-15,19,21,32H,3-6,8-9,11H2,1H3,(H,29,30). The van der Waals surface area contributed by atoms with Crippen LogP contribution in [-0.2, 0) is 37.6 Å². The van der Waals surface area contributed by atoms with E-state index < -0.39 is 43.3 Å². The summed E-state index contributed by atoms with van der Waals surface area (Å²) in [5.41, 5.74) is 0.422. The molecule has 1 amide bonds. The van der Waals surface area contributed by atoms with Crippen LogP contribution in [0.15, 0.2) is 44.2 Å². The molecule has 7 rings (SSSR count). The van der Waals surface area contributed by atoms with Gasteiger partial charge in [-0.25, -0.2) is 17.2 Å². The Kier molecular flexibility index (Phi) is 6.58. The van der Waals surface area contributed by atoms with Gasteiger partial charge in [0.25, 0.3) is 15.9 Å². The van der Waals surface area contributed by atoms with Crippen molar-refractivity contribution in [3.8, 4) is 0 Å². The minimum absolute atomic E-state index is 0.0157. The number of carbonyl (C=O) groups excluding carboxylic acids is 1. The lowest BCUT2D eigenvalue weighted by Gasteiger charge is -2.54. The highest BCUT2D eigenvalue weighted by molar-refractivity contribution is 7.91. The van der Waals surface area contributed by atoms with E-state index in [1.165, 1.54) is 6.07 Å². The third-order valence-corrected chi connectivity index (χ3v) is 11.8. The fourth-order valence-corrected chi connectivity index (χ4v) is 9.93. The number of halogens is 2. The van der Waals surface area contributed by atoms with Gasteiger partial charge in [-0.1, -0.05) is 6.07 Å². The number of aliphatic hydroxyl groups is 1. The van der Waals surface area contributed by atoms with Crippen LogP contribution in [0, 0.1) is 29.4 Å². The van der Waals surface area contributed by atoms with Gasteiger partial charge in [0.15, 0.2) is 17.5 Å². The average molecular weight is 612 g/mol. The molecular weight excluding hydrogens is 584 g/mol. The van der Waals surface area contributed by atoms with Gasteiger partial charge in [0, 0.05) is 24.8 Å². The zero-order valence-corrected chi connectivity index (χ0v) is 23.9. The molecule has 14 heteroatoms. The number of benzene rings is 1. The SMILES string of the molecule is CS(=O)(=O)CCc1csc2c1S(=O)(=O)N=C(C1=C(O)C3C4CCC(CC4)C3N(Cc3ccc(F)c(F)c3)C1=O)N2.